The molecule has 4 atom stereocenters. The first-order valence-corrected chi connectivity index (χ1v) is 12.7. The van der Waals surface area contributed by atoms with Crippen LogP contribution in [0.5, 0.6) is 0 Å². The maximum atomic E-state index is 13.0. The van der Waals surface area contributed by atoms with Gasteiger partial charge in [-0.1, -0.05) is 27.7 Å². The van der Waals surface area contributed by atoms with Crippen LogP contribution in [0.4, 0.5) is 0 Å². The third kappa shape index (κ3) is 2.14. The van der Waals surface area contributed by atoms with E-state index in [0.717, 1.165) is 37.4 Å². The fourth-order valence-electron chi connectivity index (χ4n) is 6.61. The van der Waals surface area contributed by atoms with Gasteiger partial charge >= 0.3 is 5.97 Å². The molecule has 3 saturated carbocycles. The fraction of sp³-hybridized carbons (Fsp3) is 0.900. The number of carbonyl (C=O) groups excluding carboxylic acids is 2. The van der Waals surface area contributed by atoms with Gasteiger partial charge in [0.05, 0.1) is 12.7 Å². The van der Waals surface area contributed by atoms with E-state index in [1.54, 1.807) is 0 Å². The van der Waals surface area contributed by atoms with Crippen molar-refractivity contribution in [2.24, 2.45) is 16.2 Å². The molecule has 4 nitrogen and oxygen atoms in total. The summed E-state index contributed by atoms with van der Waals surface area (Å²) in [4.78, 5) is 25.9. The highest BCUT2D eigenvalue weighted by atomic mass is 28.4. The Labute approximate surface area is 153 Å². The molecule has 3 fully saturated rings. The summed E-state index contributed by atoms with van der Waals surface area (Å²) < 4.78 is 12.4. The molecule has 0 radical (unpaired) electrons. The van der Waals surface area contributed by atoms with E-state index in [2.05, 4.69) is 27.7 Å². The van der Waals surface area contributed by atoms with Gasteiger partial charge in [0.25, 0.3) is 0 Å². The average Bonchev–Trinajstić information content (AvgIpc) is 2.97. The Morgan fingerprint density at radius 1 is 1.16 bits per heavy atom. The molecule has 3 aliphatic carbocycles. The van der Waals surface area contributed by atoms with E-state index in [0.29, 0.717) is 19.4 Å². The molecular formula is C20H34O4Si. The first-order valence-electron chi connectivity index (χ1n) is 10.2. The van der Waals surface area contributed by atoms with Gasteiger partial charge in [0.1, 0.15) is 5.41 Å². The van der Waals surface area contributed by atoms with Gasteiger partial charge in [0.15, 0.2) is 14.1 Å². The summed E-state index contributed by atoms with van der Waals surface area (Å²) in [6, 6.07) is 3.30. The molecule has 0 aromatic carbocycles. The normalized spacial score (nSPS) is 39.7. The largest absolute Gasteiger partial charge is 0.465 e. The second kappa shape index (κ2) is 6.19. The molecule has 3 rings (SSSR count). The first-order chi connectivity index (χ1) is 11.8. The van der Waals surface area contributed by atoms with Crippen LogP contribution in [0.3, 0.4) is 0 Å². The van der Waals surface area contributed by atoms with E-state index in [-0.39, 0.29) is 28.7 Å². The number of Topliss-reactive ketones (excluding diaryl/α,β-unsaturated/α-hetero) is 1. The average molecular weight is 367 g/mol. The van der Waals surface area contributed by atoms with Crippen molar-refractivity contribution >= 4 is 20.1 Å². The van der Waals surface area contributed by atoms with Crippen LogP contribution in [0.1, 0.15) is 66.7 Å². The molecule has 142 valence electrons. The minimum atomic E-state index is -1.79. The second-order valence-corrected chi connectivity index (χ2v) is 13.4. The smallest absolute Gasteiger partial charge is 0.320 e. The van der Waals surface area contributed by atoms with Crippen LogP contribution in [-0.4, -0.2) is 32.8 Å². The second-order valence-electron chi connectivity index (χ2n) is 8.65. The summed E-state index contributed by atoms with van der Waals surface area (Å²) in [5.74, 6) is -0.169. The third-order valence-corrected chi connectivity index (χ3v) is 12.8. The predicted octanol–water partition coefficient (Wildman–Crippen LogP) is 4.48. The minimum Gasteiger partial charge on any atom is -0.465 e. The number of hydrogen-bond donors (Lipinski definition) is 0. The van der Waals surface area contributed by atoms with Crippen LogP contribution in [-0.2, 0) is 18.8 Å². The van der Waals surface area contributed by atoms with Gasteiger partial charge in [-0.15, -0.1) is 0 Å². The minimum absolute atomic E-state index is 0.0476. The van der Waals surface area contributed by atoms with Crippen LogP contribution >= 0.6 is 0 Å². The molecule has 0 heterocycles. The molecule has 0 bridgehead atoms. The molecule has 0 amide bonds. The number of esters is 1. The Morgan fingerprint density at radius 3 is 2.36 bits per heavy atom. The van der Waals surface area contributed by atoms with Crippen LogP contribution in [0.15, 0.2) is 0 Å². The van der Waals surface area contributed by atoms with E-state index in [1.807, 2.05) is 6.92 Å². The van der Waals surface area contributed by atoms with Crippen molar-refractivity contribution in [2.45, 2.75) is 91.0 Å². The molecule has 25 heavy (non-hydrogen) atoms. The van der Waals surface area contributed by atoms with Gasteiger partial charge in [0.2, 0.25) is 0 Å². The predicted molar refractivity (Wildman–Crippen MR) is 99.8 cm³/mol. The topological polar surface area (TPSA) is 52.6 Å². The number of carbonyl (C=O) groups is 2. The van der Waals surface area contributed by atoms with Gasteiger partial charge in [-0.05, 0) is 56.2 Å². The fourth-order valence-corrected chi connectivity index (χ4v) is 9.53. The molecular weight excluding hydrogens is 332 g/mol. The molecule has 1 spiro atoms. The molecule has 0 aromatic heterocycles. The van der Waals surface area contributed by atoms with E-state index < -0.39 is 13.7 Å². The van der Waals surface area contributed by atoms with E-state index in [4.69, 9.17) is 9.16 Å². The maximum Gasteiger partial charge on any atom is 0.320 e. The van der Waals surface area contributed by atoms with Crippen molar-refractivity contribution in [1.29, 1.82) is 0 Å². The zero-order valence-corrected chi connectivity index (χ0v) is 17.6. The molecule has 0 aromatic rings. The van der Waals surface area contributed by atoms with Crippen molar-refractivity contribution in [3.63, 3.8) is 0 Å². The zero-order valence-electron chi connectivity index (χ0n) is 16.6. The van der Waals surface area contributed by atoms with E-state index >= 15 is 0 Å². The Morgan fingerprint density at radius 2 is 1.80 bits per heavy atom. The summed E-state index contributed by atoms with van der Waals surface area (Å²) >= 11 is 0. The number of ketones is 1. The van der Waals surface area contributed by atoms with Crippen molar-refractivity contribution in [3.8, 4) is 0 Å². The number of rotatable bonds is 7. The van der Waals surface area contributed by atoms with E-state index in [9.17, 15) is 9.59 Å². The highest BCUT2D eigenvalue weighted by molar-refractivity contribution is 6.73. The lowest BCUT2D eigenvalue weighted by atomic mass is 9.38. The summed E-state index contributed by atoms with van der Waals surface area (Å²) in [7, 11) is -1.79. The van der Waals surface area contributed by atoms with Gasteiger partial charge in [-0.25, -0.2) is 0 Å². The van der Waals surface area contributed by atoms with Crippen LogP contribution in [0, 0.1) is 16.2 Å². The molecule has 3 aliphatic rings. The molecule has 0 aliphatic heterocycles. The Hall–Kier alpha value is -0.683. The lowest BCUT2D eigenvalue weighted by molar-refractivity contribution is -0.222. The Kier molecular flexibility index (Phi) is 4.73. The van der Waals surface area contributed by atoms with Gasteiger partial charge in [-0.2, -0.15) is 0 Å². The van der Waals surface area contributed by atoms with Crippen molar-refractivity contribution < 1.29 is 18.8 Å². The lowest BCUT2D eigenvalue weighted by Crippen LogP contribution is -2.69. The zero-order chi connectivity index (χ0) is 18.5. The SMILES string of the molecule is CCOC(=O)[C@]12C[C@]3(C)CC[C@@H](O[Si](CC)(CC)CC)[C@@]31CCC2=O. The lowest BCUT2D eigenvalue weighted by Gasteiger charge is -2.64. The van der Waals surface area contributed by atoms with Crippen molar-refractivity contribution in [2.75, 3.05) is 6.61 Å². The summed E-state index contributed by atoms with van der Waals surface area (Å²) in [5, 5.41) is 0. The van der Waals surface area contributed by atoms with E-state index in [1.165, 1.54) is 0 Å². The molecule has 0 N–H and O–H groups in total. The number of hydrogen-bond acceptors (Lipinski definition) is 4. The van der Waals surface area contributed by atoms with Crippen LogP contribution in [0.2, 0.25) is 18.1 Å². The highest BCUT2D eigenvalue weighted by Crippen LogP contribution is 2.81. The van der Waals surface area contributed by atoms with Gasteiger partial charge < -0.3 is 9.16 Å². The van der Waals surface area contributed by atoms with Gasteiger partial charge in [0, 0.05) is 11.8 Å². The van der Waals surface area contributed by atoms with Crippen LogP contribution < -0.4 is 0 Å². The monoisotopic (exact) mass is 366 g/mol. The Bertz CT molecular complexity index is 564. The van der Waals surface area contributed by atoms with Crippen LogP contribution in [0.25, 0.3) is 0 Å². The van der Waals surface area contributed by atoms with Crippen molar-refractivity contribution in [1.82, 2.24) is 0 Å². The maximum absolute atomic E-state index is 13.0. The quantitative estimate of drug-likeness (QED) is 0.379. The highest BCUT2D eigenvalue weighted by Gasteiger charge is 2.84. The first kappa shape index (κ1) is 19.1. The molecule has 0 unspecified atom stereocenters. The number of ether oxygens (including phenoxy) is 1. The summed E-state index contributed by atoms with van der Waals surface area (Å²) in [6.07, 6.45) is 4.07. The molecule has 5 heteroatoms. The van der Waals surface area contributed by atoms with Crippen molar-refractivity contribution in [3.05, 3.63) is 0 Å². The summed E-state index contributed by atoms with van der Waals surface area (Å²) in [5.41, 5.74) is -1.19. The Balaban J connectivity index is 2.01. The standard InChI is InChI=1S/C20H34O4Si/c1-6-23-17(22)19-14-18(5)12-11-16(20(18,19)13-10-15(19)21)24-25(7-2,8-3)9-4/h16H,6-14H2,1-5H3/t16-,18+,19-,20+/m1/s1. The molecule has 0 saturated heterocycles. The summed E-state index contributed by atoms with van der Waals surface area (Å²) in [6.45, 7) is 11.2. The third-order valence-electron chi connectivity index (χ3n) is 8.17. The van der Waals surface area contributed by atoms with Gasteiger partial charge in [-0.3, -0.25) is 9.59 Å².